The van der Waals surface area contributed by atoms with Crippen molar-refractivity contribution in [2.75, 3.05) is 6.61 Å². The van der Waals surface area contributed by atoms with E-state index in [1.165, 1.54) is 11.3 Å². The summed E-state index contributed by atoms with van der Waals surface area (Å²) in [7, 11) is 0. The fourth-order valence-corrected chi connectivity index (χ4v) is 5.68. The molecule has 1 N–H and O–H groups in total. The SMILES string of the molecule is CC(C)C1ON=C(c2c(Cl)cccc2Cl)C1COc1ccc(-c2ccc3sc(C(=O)O)cc3n2)cc1. The third kappa shape index (κ3) is 4.78. The van der Waals surface area contributed by atoms with Crippen LogP contribution in [0.4, 0.5) is 0 Å². The van der Waals surface area contributed by atoms with Gasteiger partial charge in [0.05, 0.1) is 31.9 Å². The highest BCUT2D eigenvalue weighted by Crippen LogP contribution is 2.35. The standard InChI is InChI=1S/C27H22Cl2N2O4S/c1-14(2)26-17(25(31-35-26)24-18(28)4-3-5-19(24)29)13-34-16-8-6-15(7-9-16)20-10-11-22-21(30-20)12-23(36-22)27(32)33/h3-12,14,17,26H,13H2,1-2H3,(H,32,33). The predicted molar refractivity (Wildman–Crippen MR) is 144 cm³/mol. The van der Waals surface area contributed by atoms with Crippen LogP contribution in [0.5, 0.6) is 5.75 Å². The molecular weight excluding hydrogens is 519 g/mol. The molecule has 36 heavy (non-hydrogen) atoms. The summed E-state index contributed by atoms with van der Waals surface area (Å²) in [6.07, 6.45) is -0.163. The fourth-order valence-electron chi connectivity index (χ4n) is 4.25. The molecule has 0 spiro atoms. The highest BCUT2D eigenvalue weighted by molar-refractivity contribution is 7.20. The van der Waals surface area contributed by atoms with Gasteiger partial charge in [0.15, 0.2) is 0 Å². The number of carboxylic acids is 1. The third-order valence-electron chi connectivity index (χ3n) is 6.06. The molecule has 9 heteroatoms. The number of benzene rings is 2. The molecule has 1 aliphatic heterocycles. The van der Waals surface area contributed by atoms with Gasteiger partial charge in [-0.1, -0.05) is 48.3 Å². The molecule has 2 unspecified atom stereocenters. The highest BCUT2D eigenvalue weighted by atomic mass is 35.5. The maximum absolute atomic E-state index is 11.3. The van der Waals surface area contributed by atoms with E-state index in [0.717, 1.165) is 16.0 Å². The Morgan fingerprint density at radius 1 is 1.11 bits per heavy atom. The van der Waals surface area contributed by atoms with Crippen LogP contribution in [0, 0.1) is 11.8 Å². The van der Waals surface area contributed by atoms with Crippen molar-refractivity contribution in [3.05, 3.63) is 81.1 Å². The Labute approximate surface area is 222 Å². The summed E-state index contributed by atoms with van der Waals surface area (Å²) in [5.74, 6) is -0.183. The molecule has 0 saturated heterocycles. The number of thiophene rings is 1. The minimum absolute atomic E-state index is 0.145. The Morgan fingerprint density at radius 2 is 1.83 bits per heavy atom. The maximum atomic E-state index is 11.3. The molecule has 184 valence electrons. The van der Waals surface area contributed by atoms with Crippen LogP contribution in [0.2, 0.25) is 10.0 Å². The molecule has 0 radical (unpaired) electrons. The lowest BCUT2D eigenvalue weighted by Crippen LogP contribution is -2.33. The monoisotopic (exact) mass is 540 g/mol. The van der Waals surface area contributed by atoms with Crippen molar-refractivity contribution in [3.8, 4) is 17.0 Å². The number of pyridine rings is 1. The van der Waals surface area contributed by atoms with E-state index < -0.39 is 5.97 Å². The maximum Gasteiger partial charge on any atom is 0.345 e. The number of ether oxygens (including phenoxy) is 1. The van der Waals surface area contributed by atoms with Crippen molar-refractivity contribution in [3.63, 3.8) is 0 Å². The quantitative estimate of drug-likeness (QED) is 0.263. The molecule has 1 aliphatic rings. The number of aromatic nitrogens is 1. The number of nitrogens with zero attached hydrogens (tertiary/aromatic N) is 2. The smallest absolute Gasteiger partial charge is 0.345 e. The summed E-state index contributed by atoms with van der Waals surface area (Å²) in [6.45, 7) is 4.51. The summed E-state index contributed by atoms with van der Waals surface area (Å²) >= 11 is 14.1. The second-order valence-electron chi connectivity index (χ2n) is 8.82. The molecule has 3 heterocycles. The molecule has 2 atom stereocenters. The zero-order valence-electron chi connectivity index (χ0n) is 19.4. The Balaban J connectivity index is 1.34. The van der Waals surface area contributed by atoms with Crippen molar-refractivity contribution < 1.29 is 19.5 Å². The molecule has 0 fully saturated rings. The van der Waals surface area contributed by atoms with Crippen molar-refractivity contribution in [2.24, 2.45) is 17.0 Å². The van der Waals surface area contributed by atoms with Gasteiger partial charge >= 0.3 is 5.97 Å². The molecular formula is C27H22Cl2N2O4S. The normalized spacial score (nSPS) is 17.3. The van der Waals surface area contributed by atoms with Gasteiger partial charge in [-0.05, 0) is 60.5 Å². The van der Waals surface area contributed by atoms with Crippen LogP contribution in [0.3, 0.4) is 0 Å². The highest BCUT2D eigenvalue weighted by Gasteiger charge is 2.39. The minimum atomic E-state index is -0.946. The predicted octanol–water partition coefficient (Wildman–Crippen LogP) is 7.42. The number of hydrogen-bond donors (Lipinski definition) is 1. The van der Waals surface area contributed by atoms with Crippen LogP contribution in [0.25, 0.3) is 21.5 Å². The summed E-state index contributed by atoms with van der Waals surface area (Å²) < 4.78 is 7.00. The summed E-state index contributed by atoms with van der Waals surface area (Å²) in [6, 6.07) is 18.4. The van der Waals surface area contributed by atoms with E-state index in [4.69, 9.17) is 32.8 Å². The largest absolute Gasteiger partial charge is 0.493 e. The number of aromatic carboxylic acids is 1. The van der Waals surface area contributed by atoms with Gasteiger partial charge in [-0.2, -0.15) is 0 Å². The second kappa shape index (κ2) is 10.1. The van der Waals surface area contributed by atoms with Gasteiger partial charge in [-0.3, -0.25) is 0 Å². The Hall–Kier alpha value is -3.13. The molecule has 5 rings (SSSR count). The Bertz CT molecular complexity index is 1450. The van der Waals surface area contributed by atoms with Crippen LogP contribution < -0.4 is 4.74 Å². The molecule has 0 bridgehead atoms. The number of halogens is 2. The van der Waals surface area contributed by atoms with Crippen LogP contribution in [0.1, 0.15) is 29.1 Å². The Kier molecular flexibility index (Phi) is 6.88. The van der Waals surface area contributed by atoms with E-state index in [2.05, 4.69) is 24.0 Å². The first-order chi connectivity index (χ1) is 17.3. The van der Waals surface area contributed by atoms with Gasteiger partial charge in [0, 0.05) is 11.1 Å². The lowest BCUT2D eigenvalue weighted by Gasteiger charge is -2.22. The van der Waals surface area contributed by atoms with Gasteiger partial charge in [-0.25, -0.2) is 9.78 Å². The lowest BCUT2D eigenvalue weighted by molar-refractivity contribution is 0.0178. The van der Waals surface area contributed by atoms with Gasteiger partial charge in [0.1, 0.15) is 29.0 Å². The van der Waals surface area contributed by atoms with E-state index in [-0.39, 0.29) is 22.8 Å². The summed E-state index contributed by atoms with van der Waals surface area (Å²) in [5, 5.41) is 14.6. The topological polar surface area (TPSA) is 81.0 Å². The zero-order chi connectivity index (χ0) is 25.4. The molecule has 6 nitrogen and oxygen atoms in total. The van der Waals surface area contributed by atoms with Crippen molar-refractivity contribution in [2.45, 2.75) is 20.0 Å². The van der Waals surface area contributed by atoms with Gasteiger partial charge in [-0.15, -0.1) is 11.3 Å². The van der Waals surface area contributed by atoms with E-state index in [0.29, 0.717) is 39.2 Å². The molecule has 0 amide bonds. The van der Waals surface area contributed by atoms with E-state index >= 15 is 0 Å². The van der Waals surface area contributed by atoms with Gasteiger partial charge in [0.2, 0.25) is 0 Å². The van der Waals surface area contributed by atoms with Crippen molar-refractivity contribution >= 4 is 56.4 Å². The first-order valence-electron chi connectivity index (χ1n) is 11.4. The Morgan fingerprint density at radius 3 is 2.50 bits per heavy atom. The number of fused-ring (bicyclic) bond motifs is 1. The number of hydrogen-bond acceptors (Lipinski definition) is 6. The molecule has 4 aromatic rings. The average molecular weight is 541 g/mol. The number of carboxylic acid groups (broad SMARTS) is 1. The van der Waals surface area contributed by atoms with Crippen LogP contribution in [-0.2, 0) is 4.84 Å². The number of rotatable bonds is 7. The number of carbonyl (C=O) groups is 1. The molecule has 0 saturated carbocycles. The van der Waals surface area contributed by atoms with Gasteiger partial charge < -0.3 is 14.7 Å². The summed E-state index contributed by atoms with van der Waals surface area (Å²) in [4.78, 5) is 21.9. The van der Waals surface area contributed by atoms with Gasteiger partial charge in [0.25, 0.3) is 0 Å². The lowest BCUT2D eigenvalue weighted by atomic mass is 9.87. The molecule has 2 aromatic carbocycles. The first kappa shape index (κ1) is 24.6. The van der Waals surface area contributed by atoms with E-state index in [1.807, 2.05) is 36.4 Å². The van der Waals surface area contributed by atoms with E-state index in [1.54, 1.807) is 24.3 Å². The fraction of sp³-hybridized carbons (Fsp3) is 0.222. The molecule has 2 aromatic heterocycles. The van der Waals surface area contributed by atoms with Crippen LogP contribution in [0.15, 0.2) is 65.8 Å². The second-order valence-corrected chi connectivity index (χ2v) is 10.7. The zero-order valence-corrected chi connectivity index (χ0v) is 21.8. The number of oxime groups is 1. The summed E-state index contributed by atoms with van der Waals surface area (Å²) in [5.41, 5.74) is 3.70. The minimum Gasteiger partial charge on any atom is -0.493 e. The van der Waals surface area contributed by atoms with Crippen molar-refractivity contribution in [1.29, 1.82) is 0 Å². The van der Waals surface area contributed by atoms with Crippen molar-refractivity contribution in [1.82, 2.24) is 4.98 Å². The molecule has 0 aliphatic carbocycles. The third-order valence-corrected chi connectivity index (χ3v) is 7.77. The average Bonchev–Trinajstić information content (AvgIpc) is 3.47. The van der Waals surface area contributed by atoms with Crippen LogP contribution in [-0.4, -0.2) is 34.5 Å². The van der Waals surface area contributed by atoms with Crippen LogP contribution >= 0.6 is 34.5 Å². The first-order valence-corrected chi connectivity index (χ1v) is 12.9. The van der Waals surface area contributed by atoms with E-state index in [9.17, 15) is 9.90 Å².